The average Bonchev–Trinajstić information content (AvgIpc) is 2.98. The van der Waals surface area contributed by atoms with E-state index >= 15 is 0 Å². The molecule has 1 unspecified atom stereocenters. The van der Waals surface area contributed by atoms with Gasteiger partial charge < -0.3 is 10.3 Å². The van der Waals surface area contributed by atoms with Gasteiger partial charge in [0.15, 0.2) is 11.5 Å². The summed E-state index contributed by atoms with van der Waals surface area (Å²) >= 11 is 5.84. The minimum Gasteiger partial charge on any atom is -0.358 e. The Bertz CT molecular complexity index is 660. The second-order valence-corrected chi connectivity index (χ2v) is 4.02. The van der Waals surface area contributed by atoms with Crippen LogP contribution in [0.25, 0.3) is 11.2 Å². The monoisotopic (exact) mass is 264 g/mol. The number of imidazole rings is 1. The molecule has 92 valence electrons. The van der Waals surface area contributed by atoms with Crippen molar-refractivity contribution in [2.75, 3.05) is 5.32 Å². The lowest BCUT2D eigenvalue weighted by atomic mass is 10.3. The van der Waals surface area contributed by atoms with Crippen LogP contribution in [-0.4, -0.2) is 35.1 Å². The molecule has 0 saturated carbocycles. The van der Waals surface area contributed by atoms with E-state index in [-0.39, 0.29) is 11.3 Å². The van der Waals surface area contributed by atoms with E-state index in [0.29, 0.717) is 22.8 Å². The highest BCUT2D eigenvalue weighted by molar-refractivity contribution is 6.28. The quantitative estimate of drug-likeness (QED) is 0.615. The fourth-order valence-corrected chi connectivity index (χ4v) is 1.77. The fourth-order valence-electron chi connectivity index (χ4n) is 1.61. The molecule has 9 heteroatoms. The minimum atomic E-state index is -0.0926. The van der Waals surface area contributed by atoms with Gasteiger partial charge in [0, 0.05) is 0 Å². The molecule has 0 amide bonds. The molecule has 3 rings (SSSR count). The molecule has 18 heavy (non-hydrogen) atoms. The first-order valence-corrected chi connectivity index (χ1v) is 5.60. The summed E-state index contributed by atoms with van der Waals surface area (Å²) in [5.74, 6) is 1.28. The van der Waals surface area contributed by atoms with Crippen LogP contribution in [0.15, 0.2) is 12.7 Å². The number of rotatable bonds is 3. The summed E-state index contributed by atoms with van der Waals surface area (Å²) in [6, 6.07) is -0.0926. The summed E-state index contributed by atoms with van der Waals surface area (Å²) in [5, 5.41) is 9.90. The maximum atomic E-state index is 5.84. The Morgan fingerprint density at radius 3 is 3.00 bits per heavy atom. The zero-order chi connectivity index (χ0) is 12.5. The van der Waals surface area contributed by atoms with E-state index in [9.17, 15) is 0 Å². The SMILES string of the molecule is CC(Nc1nc(Cl)nc2nc[nH]c12)c1ncn[nH]1. The van der Waals surface area contributed by atoms with Crippen LogP contribution in [0.2, 0.25) is 5.28 Å². The van der Waals surface area contributed by atoms with Crippen molar-refractivity contribution in [1.82, 2.24) is 35.1 Å². The molecule has 1 atom stereocenters. The number of aromatic amines is 2. The molecule has 3 N–H and O–H groups in total. The van der Waals surface area contributed by atoms with E-state index in [2.05, 4.69) is 40.4 Å². The zero-order valence-electron chi connectivity index (χ0n) is 9.35. The van der Waals surface area contributed by atoms with Crippen molar-refractivity contribution in [3.63, 3.8) is 0 Å². The fraction of sp³-hybridized carbons (Fsp3) is 0.222. The molecular weight excluding hydrogens is 256 g/mol. The van der Waals surface area contributed by atoms with Gasteiger partial charge in [-0.25, -0.2) is 9.97 Å². The van der Waals surface area contributed by atoms with E-state index < -0.39 is 0 Å². The van der Waals surface area contributed by atoms with Crippen LogP contribution in [0.4, 0.5) is 5.82 Å². The van der Waals surface area contributed by atoms with E-state index in [1.54, 1.807) is 6.33 Å². The van der Waals surface area contributed by atoms with Gasteiger partial charge in [0.25, 0.3) is 0 Å². The number of hydrogen-bond donors (Lipinski definition) is 3. The molecule has 8 nitrogen and oxygen atoms in total. The molecule has 0 spiro atoms. The van der Waals surface area contributed by atoms with Crippen LogP contribution in [0.5, 0.6) is 0 Å². The maximum Gasteiger partial charge on any atom is 0.226 e. The van der Waals surface area contributed by atoms with Crippen molar-refractivity contribution in [2.24, 2.45) is 0 Å². The van der Waals surface area contributed by atoms with E-state index in [0.717, 1.165) is 0 Å². The highest BCUT2D eigenvalue weighted by Gasteiger charge is 2.13. The topological polar surface area (TPSA) is 108 Å². The van der Waals surface area contributed by atoms with Gasteiger partial charge in [0.2, 0.25) is 5.28 Å². The summed E-state index contributed by atoms with van der Waals surface area (Å²) in [4.78, 5) is 19.2. The minimum absolute atomic E-state index is 0.0926. The molecule has 3 aromatic rings. The number of hydrogen-bond acceptors (Lipinski definition) is 6. The van der Waals surface area contributed by atoms with Crippen molar-refractivity contribution in [1.29, 1.82) is 0 Å². The van der Waals surface area contributed by atoms with Crippen LogP contribution in [0.3, 0.4) is 0 Å². The highest BCUT2D eigenvalue weighted by atomic mass is 35.5. The largest absolute Gasteiger partial charge is 0.358 e. The smallest absolute Gasteiger partial charge is 0.226 e. The summed E-state index contributed by atoms with van der Waals surface area (Å²) in [6.45, 7) is 1.93. The molecule has 0 bridgehead atoms. The lowest BCUT2D eigenvalue weighted by molar-refractivity contribution is 0.791. The predicted octanol–water partition coefficient (Wildman–Crippen LogP) is 1.30. The van der Waals surface area contributed by atoms with Crippen LogP contribution in [0.1, 0.15) is 18.8 Å². The number of halogens is 1. The standard InChI is InChI=1S/C9H9ClN8/c1-4(6-13-3-14-18-6)15-8-5-7(12-2-11-5)16-9(10)17-8/h2-4H,1H3,(H,13,14,18)(H2,11,12,15,16,17). The summed E-state index contributed by atoms with van der Waals surface area (Å²) < 4.78 is 0. The summed E-state index contributed by atoms with van der Waals surface area (Å²) in [6.07, 6.45) is 2.99. The van der Waals surface area contributed by atoms with Gasteiger partial charge in [-0.1, -0.05) is 0 Å². The van der Waals surface area contributed by atoms with Gasteiger partial charge in [-0.3, -0.25) is 5.10 Å². The van der Waals surface area contributed by atoms with Crippen molar-refractivity contribution in [3.05, 3.63) is 23.8 Å². The molecule has 0 aliphatic carbocycles. The molecule has 3 heterocycles. The Morgan fingerprint density at radius 1 is 1.33 bits per heavy atom. The third-order valence-electron chi connectivity index (χ3n) is 2.46. The summed E-state index contributed by atoms with van der Waals surface area (Å²) in [7, 11) is 0. The number of anilines is 1. The van der Waals surface area contributed by atoms with Crippen molar-refractivity contribution in [3.8, 4) is 0 Å². The molecule has 3 aromatic heterocycles. The lowest BCUT2D eigenvalue weighted by Crippen LogP contribution is -2.10. The van der Waals surface area contributed by atoms with Crippen LogP contribution in [0, 0.1) is 0 Å². The molecule has 0 saturated heterocycles. The number of nitrogens with one attached hydrogen (secondary N) is 3. The van der Waals surface area contributed by atoms with Gasteiger partial charge >= 0.3 is 0 Å². The Hall–Kier alpha value is -2.22. The molecule has 0 aliphatic rings. The predicted molar refractivity (Wildman–Crippen MR) is 65.1 cm³/mol. The second kappa shape index (κ2) is 4.22. The highest BCUT2D eigenvalue weighted by Crippen LogP contribution is 2.22. The van der Waals surface area contributed by atoms with Gasteiger partial charge in [-0.05, 0) is 18.5 Å². The Balaban J connectivity index is 1.97. The van der Waals surface area contributed by atoms with Crippen molar-refractivity contribution in [2.45, 2.75) is 13.0 Å². The van der Waals surface area contributed by atoms with Gasteiger partial charge in [0.1, 0.15) is 17.7 Å². The normalized spacial score (nSPS) is 12.8. The number of nitrogens with zero attached hydrogens (tertiary/aromatic N) is 5. The summed E-state index contributed by atoms with van der Waals surface area (Å²) in [5.41, 5.74) is 1.22. The third kappa shape index (κ3) is 1.86. The number of aromatic nitrogens is 7. The van der Waals surface area contributed by atoms with E-state index in [4.69, 9.17) is 11.6 Å². The zero-order valence-corrected chi connectivity index (χ0v) is 10.1. The average molecular weight is 265 g/mol. The van der Waals surface area contributed by atoms with E-state index in [1.165, 1.54) is 6.33 Å². The van der Waals surface area contributed by atoms with Gasteiger partial charge in [-0.2, -0.15) is 15.1 Å². The van der Waals surface area contributed by atoms with Gasteiger partial charge in [0.05, 0.1) is 12.4 Å². The Labute approximate surface area is 106 Å². The Morgan fingerprint density at radius 2 is 2.22 bits per heavy atom. The molecule has 0 radical (unpaired) electrons. The van der Waals surface area contributed by atoms with Crippen LogP contribution < -0.4 is 5.32 Å². The molecular formula is C9H9ClN8. The van der Waals surface area contributed by atoms with Crippen LogP contribution >= 0.6 is 11.6 Å². The van der Waals surface area contributed by atoms with Crippen LogP contribution in [-0.2, 0) is 0 Å². The second-order valence-electron chi connectivity index (χ2n) is 3.68. The number of fused-ring (bicyclic) bond motifs is 1. The maximum absolute atomic E-state index is 5.84. The first-order valence-electron chi connectivity index (χ1n) is 5.22. The van der Waals surface area contributed by atoms with Crippen molar-refractivity contribution < 1.29 is 0 Å². The molecule has 0 aliphatic heterocycles. The third-order valence-corrected chi connectivity index (χ3v) is 2.62. The first kappa shape index (κ1) is 10.9. The molecule has 0 aromatic carbocycles. The first-order chi connectivity index (χ1) is 8.74. The van der Waals surface area contributed by atoms with Crippen molar-refractivity contribution >= 4 is 28.6 Å². The molecule has 0 fully saturated rings. The number of H-pyrrole nitrogens is 2. The lowest BCUT2D eigenvalue weighted by Gasteiger charge is -2.11. The Kier molecular flexibility index (Phi) is 2.56. The van der Waals surface area contributed by atoms with Gasteiger partial charge in [-0.15, -0.1) is 0 Å². The van der Waals surface area contributed by atoms with E-state index in [1.807, 2.05) is 6.92 Å².